The first-order valence-electron chi connectivity index (χ1n) is 4.13. The van der Waals surface area contributed by atoms with Crippen molar-refractivity contribution in [3.05, 3.63) is 17.7 Å². The zero-order valence-electron chi connectivity index (χ0n) is 8.44. The molecule has 0 aliphatic rings. The van der Waals surface area contributed by atoms with Gasteiger partial charge in [0, 0.05) is 19.7 Å². The number of anilines is 1. The number of carbonyl (C=O) groups is 1. The highest BCUT2D eigenvalue weighted by Crippen LogP contribution is 2.36. The summed E-state index contributed by atoms with van der Waals surface area (Å²) in [6.45, 7) is 0. The van der Waals surface area contributed by atoms with Crippen molar-refractivity contribution in [2.75, 3.05) is 26.1 Å². The van der Waals surface area contributed by atoms with Crippen LogP contribution in [0.25, 0.3) is 0 Å². The van der Waals surface area contributed by atoms with E-state index in [-0.39, 0.29) is 5.75 Å². The minimum atomic E-state index is 0.0445. The summed E-state index contributed by atoms with van der Waals surface area (Å²) in [5.41, 5.74) is 1.04. The third-order valence-corrected chi connectivity index (χ3v) is 1.91. The second-order valence-electron chi connectivity index (χ2n) is 3.10. The van der Waals surface area contributed by atoms with Crippen LogP contribution in [-0.4, -0.2) is 32.6 Å². The van der Waals surface area contributed by atoms with Crippen molar-refractivity contribution in [3.63, 3.8) is 0 Å². The minimum absolute atomic E-state index is 0.0445. The maximum atomic E-state index is 10.6. The molecule has 0 spiro atoms. The van der Waals surface area contributed by atoms with Gasteiger partial charge in [-0.05, 0) is 12.1 Å². The van der Waals surface area contributed by atoms with Crippen molar-refractivity contribution in [2.24, 2.45) is 0 Å². The molecule has 0 atom stereocenters. The Labute approximate surface area is 82.7 Å². The molecule has 1 aromatic rings. The smallest absolute Gasteiger partial charge is 0.181 e. The second-order valence-corrected chi connectivity index (χ2v) is 3.10. The molecule has 4 heteroatoms. The van der Waals surface area contributed by atoms with Crippen LogP contribution in [0.15, 0.2) is 12.1 Å². The first-order valence-corrected chi connectivity index (χ1v) is 4.13. The molecule has 1 N–H and O–H groups in total. The fourth-order valence-electron chi connectivity index (χ4n) is 1.18. The highest BCUT2D eigenvalue weighted by atomic mass is 16.5. The number of carbonyl (C=O) groups excluding carboxylic acids is 1. The maximum absolute atomic E-state index is 10.6. The van der Waals surface area contributed by atoms with E-state index in [1.807, 2.05) is 0 Å². The molecule has 0 aliphatic carbocycles. The highest BCUT2D eigenvalue weighted by molar-refractivity contribution is 5.81. The van der Waals surface area contributed by atoms with Gasteiger partial charge in [0.05, 0.1) is 12.8 Å². The van der Waals surface area contributed by atoms with E-state index < -0.39 is 0 Å². The molecule has 0 saturated heterocycles. The fourth-order valence-corrected chi connectivity index (χ4v) is 1.18. The monoisotopic (exact) mass is 195 g/mol. The summed E-state index contributed by atoms with van der Waals surface area (Å²) < 4.78 is 4.94. The molecule has 14 heavy (non-hydrogen) atoms. The Kier molecular flexibility index (Phi) is 2.96. The van der Waals surface area contributed by atoms with Crippen LogP contribution in [0, 0.1) is 0 Å². The molecule has 76 valence electrons. The number of ether oxygens (including phenoxy) is 1. The van der Waals surface area contributed by atoms with Gasteiger partial charge in [0.25, 0.3) is 0 Å². The van der Waals surface area contributed by atoms with Crippen LogP contribution < -0.4 is 9.64 Å². The molecule has 0 saturated carbocycles. The summed E-state index contributed by atoms with van der Waals surface area (Å²) in [5, 5.41) is 9.70. The van der Waals surface area contributed by atoms with Crippen molar-refractivity contribution in [2.45, 2.75) is 0 Å². The number of rotatable bonds is 3. The predicted molar refractivity (Wildman–Crippen MR) is 54.4 cm³/mol. The number of hydrogen-bond donors (Lipinski definition) is 1. The van der Waals surface area contributed by atoms with E-state index in [0.717, 1.165) is 6.29 Å². The summed E-state index contributed by atoms with van der Waals surface area (Å²) in [6, 6.07) is 3.10. The van der Waals surface area contributed by atoms with Gasteiger partial charge in [-0.3, -0.25) is 4.79 Å². The summed E-state index contributed by atoms with van der Waals surface area (Å²) >= 11 is 0. The van der Waals surface area contributed by atoms with Gasteiger partial charge in [0.2, 0.25) is 0 Å². The molecule has 0 radical (unpaired) electrons. The van der Waals surface area contributed by atoms with Gasteiger partial charge in [0.1, 0.15) is 6.29 Å². The molecule has 0 fully saturated rings. The van der Waals surface area contributed by atoms with Gasteiger partial charge in [-0.25, -0.2) is 0 Å². The predicted octanol–water partition coefficient (Wildman–Crippen LogP) is 1.28. The fraction of sp³-hybridized carbons (Fsp3) is 0.300. The Balaban J connectivity index is 3.34. The summed E-state index contributed by atoms with van der Waals surface area (Å²) in [5.74, 6) is 0.349. The Morgan fingerprint density at radius 3 is 2.50 bits per heavy atom. The molecule has 0 amide bonds. The number of nitrogens with zero attached hydrogens (tertiary/aromatic N) is 1. The van der Waals surface area contributed by atoms with Crippen LogP contribution in [0.2, 0.25) is 0 Å². The number of phenolic OH excluding ortho intramolecular Hbond substituents is 1. The number of phenols is 1. The van der Waals surface area contributed by atoms with E-state index in [1.54, 1.807) is 25.1 Å². The lowest BCUT2D eigenvalue weighted by atomic mass is 10.1. The van der Waals surface area contributed by atoms with Crippen LogP contribution in [-0.2, 0) is 0 Å². The second kappa shape index (κ2) is 4.00. The van der Waals surface area contributed by atoms with Crippen LogP contribution >= 0.6 is 0 Å². The zero-order chi connectivity index (χ0) is 10.7. The van der Waals surface area contributed by atoms with Crippen molar-refractivity contribution in [3.8, 4) is 11.5 Å². The first kappa shape index (κ1) is 10.4. The van der Waals surface area contributed by atoms with E-state index in [0.29, 0.717) is 17.0 Å². The number of benzene rings is 1. The Morgan fingerprint density at radius 2 is 2.07 bits per heavy atom. The molecule has 0 heterocycles. The Hall–Kier alpha value is -1.71. The molecule has 0 aromatic heterocycles. The molecule has 1 rings (SSSR count). The van der Waals surface area contributed by atoms with Gasteiger partial charge in [-0.2, -0.15) is 0 Å². The average molecular weight is 195 g/mol. The van der Waals surface area contributed by atoms with Gasteiger partial charge in [-0.15, -0.1) is 0 Å². The van der Waals surface area contributed by atoms with Crippen LogP contribution in [0.1, 0.15) is 10.4 Å². The minimum Gasteiger partial charge on any atom is -0.503 e. The first-order chi connectivity index (χ1) is 6.60. The SMILES string of the molecule is COc1cc(C=O)cc(N(C)C)c1O. The summed E-state index contributed by atoms with van der Waals surface area (Å²) in [4.78, 5) is 12.3. The lowest BCUT2D eigenvalue weighted by Gasteiger charge is -2.16. The average Bonchev–Trinajstić information content (AvgIpc) is 2.17. The number of hydrogen-bond acceptors (Lipinski definition) is 4. The maximum Gasteiger partial charge on any atom is 0.181 e. The molecule has 0 bridgehead atoms. The largest absolute Gasteiger partial charge is 0.503 e. The van der Waals surface area contributed by atoms with E-state index in [1.165, 1.54) is 13.2 Å². The van der Waals surface area contributed by atoms with Crippen molar-refractivity contribution >= 4 is 12.0 Å². The van der Waals surface area contributed by atoms with Crippen molar-refractivity contribution in [1.29, 1.82) is 0 Å². The Bertz CT molecular complexity index is 347. The number of aldehydes is 1. The van der Waals surface area contributed by atoms with E-state index in [4.69, 9.17) is 4.74 Å². The van der Waals surface area contributed by atoms with Crippen LogP contribution in [0.5, 0.6) is 11.5 Å². The molecular formula is C10H13NO3. The van der Waals surface area contributed by atoms with Crippen molar-refractivity contribution < 1.29 is 14.6 Å². The van der Waals surface area contributed by atoms with Gasteiger partial charge >= 0.3 is 0 Å². The normalized spacial score (nSPS) is 9.64. The molecule has 0 aliphatic heterocycles. The summed E-state index contributed by atoms with van der Waals surface area (Å²) in [7, 11) is 5.01. The Morgan fingerprint density at radius 1 is 1.43 bits per heavy atom. The molecule has 4 nitrogen and oxygen atoms in total. The van der Waals surface area contributed by atoms with E-state index in [2.05, 4.69) is 0 Å². The lowest BCUT2D eigenvalue weighted by Crippen LogP contribution is -2.09. The molecule has 1 aromatic carbocycles. The molecular weight excluding hydrogens is 182 g/mol. The van der Waals surface area contributed by atoms with Crippen molar-refractivity contribution in [1.82, 2.24) is 0 Å². The highest BCUT2D eigenvalue weighted by Gasteiger charge is 2.11. The van der Waals surface area contributed by atoms with E-state index >= 15 is 0 Å². The van der Waals surface area contributed by atoms with Gasteiger partial charge in [-0.1, -0.05) is 0 Å². The molecule has 0 unspecified atom stereocenters. The standard InChI is InChI=1S/C10H13NO3/c1-11(2)8-4-7(6-12)5-9(14-3)10(8)13/h4-6,13H,1-3H3. The number of methoxy groups -OCH3 is 1. The third-order valence-electron chi connectivity index (χ3n) is 1.91. The lowest BCUT2D eigenvalue weighted by molar-refractivity contribution is 0.112. The van der Waals surface area contributed by atoms with Crippen LogP contribution in [0.3, 0.4) is 0 Å². The quantitative estimate of drug-likeness (QED) is 0.738. The topological polar surface area (TPSA) is 49.8 Å². The summed E-state index contributed by atoms with van der Waals surface area (Å²) in [6.07, 6.45) is 0.717. The zero-order valence-corrected chi connectivity index (χ0v) is 8.44. The van der Waals surface area contributed by atoms with Crippen LogP contribution in [0.4, 0.5) is 5.69 Å². The van der Waals surface area contributed by atoms with Gasteiger partial charge < -0.3 is 14.7 Å². The van der Waals surface area contributed by atoms with E-state index in [9.17, 15) is 9.90 Å². The van der Waals surface area contributed by atoms with Gasteiger partial charge in [0.15, 0.2) is 11.5 Å². The number of aromatic hydroxyl groups is 1. The third kappa shape index (κ3) is 1.79.